The molecule has 0 saturated carbocycles. The van der Waals surface area contributed by atoms with Crippen LogP contribution in [0.1, 0.15) is 18.5 Å². The van der Waals surface area contributed by atoms with Gasteiger partial charge in [0.15, 0.2) is 0 Å². The van der Waals surface area contributed by atoms with E-state index in [0.717, 1.165) is 31.7 Å². The van der Waals surface area contributed by atoms with Crippen LogP contribution in [0, 0.1) is 0 Å². The Morgan fingerprint density at radius 2 is 2.18 bits per heavy atom. The highest BCUT2D eigenvalue weighted by molar-refractivity contribution is 7.16. The van der Waals surface area contributed by atoms with Gasteiger partial charge in [-0.25, -0.2) is 4.98 Å². The number of hydrogen-bond acceptors (Lipinski definition) is 4. The molecule has 4 heteroatoms. The molecule has 0 amide bonds. The number of aromatic nitrogens is 1. The van der Waals surface area contributed by atoms with E-state index < -0.39 is 0 Å². The minimum absolute atomic E-state index is 0.503. The van der Waals surface area contributed by atoms with Gasteiger partial charge in [0.1, 0.15) is 0 Å². The average Bonchev–Trinajstić information content (AvgIpc) is 2.86. The quantitative estimate of drug-likeness (QED) is 0.882. The van der Waals surface area contributed by atoms with Gasteiger partial charge in [-0.15, -0.1) is 11.3 Å². The van der Waals surface area contributed by atoms with Crippen molar-refractivity contribution in [3.63, 3.8) is 0 Å². The molecule has 1 aromatic heterocycles. The van der Waals surface area contributed by atoms with Gasteiger partial charge in [0.25, 0.3) is 0 Å². The Morgan fingerprint density at radius 1 is 1.35 bits per heavy atom. The molecule has 0 spiro atoms. The molecule has 1 aliphatic rings. The fraction of sp³-hybridized carbons (Fsp3) is 0.462. The molecule has 1 saturated heterocycles. The van der Waals surface area contributed by atoms with E-state index in [1.807, 2.05) is 5.51 Å². The second-order valence-corrected chi connectivity index (χ2v) is 5.43. The van der Waals surface area contributed by atoms with Gasteiger partial charge < -0.3 is 5.32 Å². The standard InChI is InChI=1S/C13H17N3S/c1-10(16-6-4-14-5-7-16)11-2-3-12-13(8-11)17-9-15-12/h2-3,8-10,14H,4-7H2,1H3. The third-order valence-corrected chi connectivity index (χ3v) is 4.33. The summed E-state index contributed by atoms with van der Waals surface area (Å²) >= 11 is 1.72. The molecule has 2 heterocycles. The summed E-state index contributed by atoms with van der Waals surface area (Å²) in [6, 6.07) is 7.15. The van der Waals surface area contributed by atoms with Crippen LogP contribution in [-0.4, -0.2) is 36.1 Å². The Balaban J connectivity index is 1.86. The maximum Gasteiger partial charge on any atom is 0.0812 e. The summed E-state index contributed by atoms with van der Waals surface area (Å²) < 4.78 is 1.30. The first-order valence-electron chi connectivity index (χ1n) is 6.12. The van der Waals surface area contributed by atoms with E-state index in [2.05, 4.69) is 40.3 Å². The Labute approximate surface area is 105 Å². The lowest BCUT2D eigenvalue weighted by Gasteiger charge is -2.33. The Hall–Kier alpha value is -0.970. The summed E-state index contributed by atoms with van der Waals surface area (Å²) in [6.45, 7) is 6.79. The summed E-state index contributed by atoms with van der Waals surface area (Å²) in [4.78, 5) is 6.87. The van der Waals surface area contributed by atoms with E-state index >= 15 is 0 Å². The zero-order chi connectivity index (χ0) is 11.7. The lowest BCUT2D eigenvalue weighted by molar-refractivity contribution is 0.185. The van der Waals surface area contributed by atoms with E-state index in [4.69, 9.17) is 0 Å². The lowest BCUT2D eigenvalue weighted by atomic mass is 10.1. The number of hydrogen-bond donors (Lipinski definition) is 1. The van der Waals surface area contributed by atoms with Gasteiger partial charge in [-0.2, -0.15) is 0 Å². The van der Waals surface area contributed by atoms with Crippen LogP contribution in [0.5, 0.6) is 0 Å². The Kier molecular flexibility index (Phi) is 3.09. The molecule has 2 aromatic rings. The smallest absolute Gasteiger partial charge is 0.0812 e. The predicted molar refractivity (Wildman–Crippen MR) is 72.5 cm³/mol. The maximum atomic E-state index is 4.33. The molecule has 3 nitrogen and oxygen atoms in total. The van der Waals surface area contributed by atoms with Crippen LogP contribution in [0.3, 0.4) is 0 Å². The first-order valence-corrected chi connectivity index (χ1v) is 7.00. The van der Waals surface area contributed by atoms with E-state index in [1.54, 1.807) is 11.3 Å². The SMILES string of the molecule is CC(c1ccc2ncsc2c1)N1CCNCC1. The first-order chi connectivity index (χ1) is 8.34. The van der Waals surface area contributed by atoms with Gasteiger partial charge in [-0.1, -0.05) is 6.07 Å². The molecule has 3 rings (SSSR count). The second-order valence-electron chi connectivity index (χ2n) is 4.54. The molecule has 0 bridgehead atoms. The zero-order valence-electron chi connectivity index (χ0n) is 10.0. The van der Waals surface area contributed by atoms with Crippen molar-refractivity contribution in [2.45, 2.75) is 13.0 Å². The van der Waals surface area contributed by atoms with Crippen LogP contribution in [0.15, 0.2) is 23.7 Å². The molecule has 1 aromatic carbocycles. The molecular formula is C13H17N3S. The molecule has 17 heavy (non-hydrogen) atoms. The van der Waals surface area contributed by atoms with Crippen molar-refractivity contribution in [3.8, 4) is 0 Å². The van der Waals surface area contributed by atoms with E-state index in [9.17, 15) is 0 Å². The minimum atomic E-state index is 0.503. The van der Waals surface area contributed by atoms with Crippen molar-refractivity contribution in [2.24, 2.45) is 0 Å². The fourth-order valence-corrected chi connectivity index (χ4v) is 3.14. The molecule has 1 N–H and O–H groups in total. The van der Waals surface area contributed by atoms with Crippen molar-refractivity contribution in [1.82, 2.24) is 15.2 Å². The fourth-order valence-electron chi connectivity index (χ4n) is 2.41. The minimum Gasteiger partial charge on any atom is -0.314 e. The first kappa shape index (κ1) is 11.1. The molecule has 1 unspecified atom stereocenters. The topological polar surface area (TPSA) is 28.2 Å². The van der Waals surface area contributed by atoms with Crippen molar-refractivity contribution >= 4 is 21.6 Å². The third-order valence-electron chi connectivity index (χ3n) is 3.54. The monoisotopic (exact) mass is 247 g/mol. The molecule has 1 aliphatic heterocycles. The van der Waals surface area contributed by atoms with Crippen molar-refractivity contribution in [1.29, 1.82) is 0 Å². The normalized spacial score (nSPS) is 19.6. The molecule has 90 valence electrons. The van der Waals surface area contributed by atoms with Crippen LogP contribution >= 0.6 is 11.3 Å². The number of fused-ring (bicyclic) bond motifs is 1. The summed E-state index contributed by atoms with van der Waals surface area (Å²) in [5.41, 5.74) is 4.44. The van der Waals surface area contributed by atoms with E-state index in [0.29, 0.717) is 6.04 Å². The number of rotatable bonds is 2. The number of nitrogens with one attached hydrogen (secondary N) is 1. The molecule has 1 atom stereocenters. The van der Waals surface area contributed by atoms with E-state index in [-0.39, 0.29) is 0 Å². The Morgan fingerprint density at radius 3 is 3.00 bits per heavy atom. The van der Waals surface area contributed by atoms with Crippen LogP contribution < -0.4 is 5.32 Å². The summed E-state index contributed by atoms with van der Waals surface area (Å²) in [5, 5.41) is 3.40. The third kappa shape index (κ3) is 2.20. The molecule has 1 fully saturated rings. The molecular weight excluding hydrogens is 230 g/mol. The second kappa shape index (κ2) is 4.72. The van der Waals surface area contributed by atoms with Crippen LogP contribution in [0.2, 0.25) is 0 Å². The van der Waals surface area contributed by atoms with E-state index in [1.165, 1.54) is 10.3 Å². The van der Waals surface area contributed by atoms with Gasteiger partial charge >= 0.3 is 0 Å². The number of nitrogens with zero attached hydrogens (tertiary/aromatic N) is 2. The highest BCUT2D eigenvalue weighted by atomic mass is 32.1. The zero-order valence-corrected chi connectivity index (χ0v) is 10.8. The van der Waals surface area contributed by atoms with Crippen molar-refractivity contribution in [2.75, 3.05) is 26.2 Å². The lowest BCUT2D eigenvalue weighted by Crippen LogP contribution is -2.44. The van der Waals surface area contributed by atoms with Gasteiger partial charge in [-0.3, -0.25) is 4.90 Å². The molecule has 0 aliphatic carbocycles. The van der Waals surface area contributed by atoms with Crippen LogP contribution in [-0.2, 0) is 0 Å². The van der Waals surface area contributed by atoms with Gasteiger partial charge in [0, 0.05) is 32.2 Å². The number of benzene rings is 1. The van der Waals surface area contributed by atoms with Crippen molar-refractivity contribution in [3.05, 3.63) is 29.3 Å². The van der Waals surface area contributed by atoms with Crippen LogP contribution in [0.25, 0.3) is 10.2 Å². The predicted octanol–water partition coefficient (Wildman–Crippen LogP) is 2.26. The summed E-state index contributed by atoms with van der Waals surface area (Å²) in [7, 11) is 0. The largest absolute Gasteiger partial charge is 0.314 e. The maximum absolute atomic E-state index is 4.33. The Bertz CT molecular complexity index is 502. The highest BCUT2D eigenvalue weighted by Gasteiger charge is 2.18. The van der Waals surface area contributed by atoms with Gasteiger partial charge in [0.2, 0.25) is 0 Å². The highest BCUT2D eigenvalue weighted by Crippen LogP contribution is 2.26. The van der Waals surface area contributed by atoms with Crippen LogP contribution in [0.4, 0.5) is 0 Å². The average molecular weight is 247 g/mol. The number of thiazole rings is 1. The van der Waals surface area contributed by atoms with Gasteiger partial charge in [0.05, 0.1) is 15.7 Å². The summed E-state index contributed by atoms with van der Waals surface area (Å²) in [6.07, 6.45) is 0. The summed E-state index contributed by atoms with van der Waals surface area (Å²) in [5.74, 6) is 0. The molecule has 0 radical (unpaired) electrons. The number of piperazine rings is 1. The van der Waals surface area contributed by atoms with Gasteiger partial charge in [-0.05, 0) is 24.6 Å². The van der Waals surface area contributed by atoms with Crippen molar-refractivity contribution < 1.29 is 0 Å².